The van der Waals surface area contributed by atoms with Gasteiger partial charge in [-0.2, -0.15) is 0 Å². The molecule has 0 amide bonds. The van der Waals surface area contributed by atoms with Crippen LogP contribution in [0.4, 0.5) is 0 Å². The van der Waals surface area contributed by atoms with Crippen molar-refractivity contribution in [3.05, 3.63) is 29.3 Å². The van der Waals surface area contributed by atoms with Gasteiger partial charge in [0.1, 0.15) is 5.75 Å². The highest BCUT2D eigenvalue weighted by molar-refractivity contribution is 5.41. The number of rotatable bonds is 6. The van der Waals surface area contributed by atoms with Crippen LogP contribution in [0.15, 0.2) is 18.2 Å². The van der Waals surface area contributed by atoms with Gasteiger partial charge < -0.3 is 15.2 Å². The molecule has 0 radical (unpaired) electrons. The first-order valence-corrected chi connectivity index (χ1v) is 7.29. The summed E-state index contributed by atoms with van der Waals surface area (Å²) in [6, 6.07) is 6.35. The molecule has 1 aromatic rings. The molecule has 0 saturated carbocycles. The zero-order valence-electron chi connectivity index (χ0n) is 12.0. The molecule has 1 atom stereocenters. The Hall–Kier alpha value is -1.06. The third-order valence-electron chi connectivity index (χ3n) is 4.13. The van der Waals surface area contributed by atoms with Crippen LogP contribution >= 0.6 is 0 Å². The molecule has 1 aliphatic rings. The van der Waals surface area contributed by atoms with Gasteiger partial charge in [0.2, 0.25) is 0 Å². The van der Waals surface area contributed by atoms with Crippen molar-refractivity contribution in [3.8, 4) is 5.75 Å². The molecule has 3 heteroatoms. The molecule has 3 nitrogen and oxygen atoms in total. The largest absolute Gasteiger partial charge is 0.497 e. The first-order chi connectivity index (χ1) is 9.25. The molecule has 1 aliphatic carbocycles. The number of ether oxygens (including phenoxy) is 1. The van der Waals surface area contributed by atoms with Crippen LogP contribution < -0.4 is 10.1 Å². The first-order valence-electron chi connectivity index (χ1n) is 7.29. The molecule has 1 unspecified atom stereocenters. The van der Waals surface area contributed by atoms with Gasteiger partial charge in [0.15, 0.2) is 0 Å². The monoisotopic (exact) mass is 263 g/mol. The van der Waals surface area contributed by atoms with Crippen molar-refractivity contribution in [1.82, 2.24) is 5.32 Å². The van der Waals surface area contributed by atoms with E-state index in [-0.39, 0.29) is 12.1 Å². The van der Waals surface area contributed by atoms with Crippen molar-refractivity contribution in [3.63, 3.8) is 0 Å². The number of hydrogen-bond acceptors (Lipinski definition) is 3. The van der Waals surface area contributed by atoms with Gasteiger partial charge in [-0.15, -0.1) is 0 Å². The maximum absolute atomic E-state index is 9.44. The molecule has 0 saturated heterocycles. The Morgan fingerprint density at radius 2 is 2.26 bits per heavy atom. The van der Waals surface area contributed by atoms with E-state index in [4.69, 9.17) is 4.74 Å². The molecule has 0 fully saturated rings. The van der Waals surface area contributed by atoms with Gasteiger partial charge in [0.25, 0.3) is 0 Å². The normalized spacial score (nSPS) is 22.1. The lowest BCUT2D eigenvalue weighted by Gasteiger charge is -2.40. The second-order valence-corrected chi connectivity index (χ2v) is 5.36. The van der Waals surface area contributed by atoms with E-state index >= 15 is 0 Å². The molecule has 0 aromatic heterocycles. The summed E-state index contributed by atoms with van der Waals surface area (Å²) in [5, 5.41) is 13.1. The number of aliphatic hydroxyl groups is 1. The summed E-state index contributed by atoms with van der Waals surface area (Å²) in [5.74, 6) is 0.925. The second-order valence-electron chi connectivity index (χ2n) is 5.36. The van der Waals surface area contributed by atoms with E-state index in [0.29, 0.717) is 0 Å². The SMILES string of the molecule is CCCNC1(CCO)CCCc2cc(OC)ccc21. The van der Waals surface area contributed by atoms with E-state index < -0.39 is 0 Å². The number of hydrogen-bond donors (Lipinski definition) is 2. The average Bonchev–Trinajstić information content (AvgIpc) is 2.45. The summed E-state index contributed by atoms with van der Waals surface area (Å²) < 4.78 is 5.32. The smallest absolute Gasteiger partial charge is 0.119 e. The molecule has 0 heterocycles. The number of nitrogens with one attached hydrogen (secondary N) is 1. The number of aryl methyl sites for hydroxylation is 1. The fourth-order valence-corrected chi connectivity index (χ4v) is 3.17. The first kappa shape index (κ1) is 14.4. The maximum atomic E-state index is 9.44. The fraction of sp³-hybridized carbons (Fsp3) is 0.625. The highest BCUT2D eigenvalue weighted by Gasteiger charge is 2.35. The van der Waals surface area contributed by atoms with Crippen LogP contribution in [0.3, 0.4) is 0 Å². The van der Waals surface area contributed by atoms with Crippen LogP contribution in [-0.2, 0) is 12.0 Å². The van der Waals surface area contributed by atoms with Gasteiger partial charge in [-0.1, -0.05) is 13.0 Å². The fourth-order valence-electron chi connectivity index (χ4n) is 3.17. The van der Waals surface area contributed by atoms with Crippen molar-refractivity contribution in [2.24, 2.45) is 0 Å². The van der Waals surface area contributed by atoms with Gasteiger partial charge in [-0.25, -0.2) is 0 Å². The number of methoxy groups -OCH3 is 1. The lowest BCUT2D eigenvalue weighted by atomic mass is 9.74. The minimum absolute atomic E-state index is 0.0510. The Labute approximate surface area is 116 Å². The maximum Gasteiger partial charge on any atom is 0.119 e. The predicted octanol–water partition coefficient (Wildman–Crippen LogP) is 2.61. The van der Waals surface area contributed by atoms with Gasteiger partial charge in [0, 0.05) is 12.1 Å². The van der Waals surface area contributed by atoms with Crippen LogP contribution in [-0.4, -0.2) is 25.4 Å². The Bertz CT molecular complexity index is 419. The minimum Gasteiger partial charge on any atom is -0.497 e. The third kappa shape index (κ3) is 2.93. The summed E-state index contributed by atoms with van der Waals surface area (Å²) in [6.45, 7) is 3.39. The molecule has 0 bridgehead atoms. The molecule has 0 aliphatic heterocycles. The number of aliphatic hydroxyl groups excluding tert-OH is 1. The lowest BCUT2D eigenvalue weighted by molar-refractivity contribution is 0.189. The van der Waals surface area contributed by atoms with Crippen molar-refractivity contribution < 1.29 is 9.84 Å². The molecule has 1 aromatic carbocycles. The van der Waals surface area contributed by atoms with E-state index in [1.807, 2.05) is 6.07 Å². The zero-order chi connectivity index (χ0) is 13.7. The predicted molar refractivity (Wildman–Crippen MR) is 77.6 cm³/mol. The highest BCUT2D eigenvalue weighted by Crippen LogP contribution is 2.39. The second kappa shape index (κ2) is 6.40. The molecule has 2 rings (SSSR count). The summed E-state index contributed by atoms with van der Waals surface area (Å²) in [5.41, 5.74) is 2.66. The van der Waals surface area contributed by atoms with Crippen LogP contribution in [0.5, 0.6) is 5.75 Å². The van der Waals surface area contributed by atoms with Gasteiger partial charge in [-0.3, -0.25) is 0 Å². The Morgan fingerprint density at radius 3 is 2.95 bits per heavy atom. The van der Waals surface area contributed by atoms with Crippen molar-refractivity contribution in [1.29, 1.82) is 0 Å². The topological polar surface area (TPSA) is 41.5 Å². The Morgan fingerprint density at radius 1 is 1.42 bits per heavy atom. The summed E-state index contributed by atoms with van der Waals surface area (Å²) in [6.07, 6.45) is 5.27. The van der Waals surface area contributed by atoms with Gasteiger partial charge in [-0.05, 0) is 61.9 Å². The third-order valence-corrected chi connectivity index (χ3v) is 4.13. The van der Waals surface area contributed by atoms with E-state index in [1.165, 1.54) is 11.1 Å². The molecule has 19 heavy (non-hydrogen) atoms. The van der Waals surface area contributed by atoms with Crippen LogP contribution in [0.2, 0.25) is 0 Å². The molecule has 0 spiro atoms. The van der Waals surface area contributed by atoms with Gasteiger partial charge >= 0.3 is 0 Å². The Balaban J connectivity index is 2.36. The van der Waals surface area contributed by atoms with E-state index in [9.17, 15) is 5.11 Å². The quantitative estimate of drug-likeness (QED) is 0.829. The van der Waals surface area contributed by atoms with Crippen LogP contribution in [0.1, 0.15) is 43.7 Å². The number of benzene rings is 1. The van der Waals surface area contributed by atoms with E-state index in [2.05, 4.69) is 24.4 Å². The standard InChI is InChI=1S/C16H25NO2/c1-3-10-17-16(9-11-18)8-4-5-13-12-14(19-2)6-7-15(13)16/h6-7,12,17-18H,3-5,8-11H2,1-2H3. The highest BCUT2D eigenvalue weighted by atomic mass is 16.5. The molecule has 2 N–H and O–H groups in total. The number of fused-ring (bicyclic) bond motifs is 1. The van der Waals surface area contributed by atoms with Crippen molar-refractivity contribution in [2.45, 2.75) is 44.6 Å². The van der Waals surface area contributed by atoms with Crippen LogP contribution in [0, 0.1) is 0 Å². The van der Waals surface area contributed by atoms with E-state index in [0.717, 1.165) is 44.4 Å². The van der Waals surface area contributed by atoms with Crippen LogP contribution in [0.25, 0.3) is 0 Å². The lowest BCUT2D eigenvalue weighted by Crippen LogP contribution is -2.46. The zero-order valence-corrected chi connectivity index (χ0v) is 12.0. The van der Waals surface area contributed by atoms with Crippen molar-refractivity contribution in [2.75, 3.05) is 20.3 Å². The summed E-state index contributed by atoms with van der Waals surface area (Å²) in [7, 11) is 1.71. The van der Waals surface area contributed by atoms with Gasteiger partial charge in [0.05, 0.1) is 7.11 Å². The average molecular weight is 263 g/mol. The summed E-state index contributed by atoms with van der Waals surface area (Å²) >= 11 is 0. The van der Waals surface area contributed by atoms with Crippen molar-refractivity contribution >= 4 is 0 Å². The van der Waals surface area contributed by atoms with E-state index in [1.54, 1.807) is 7.11 Å². The molecule has 106 valence electrons. The Kier molecular flexibility index (Phi) is 4.83. The molecular formula is C16H25NO2. The minimum atomic E-state index is -0.0510. The summed E-state index contributed by atoms with van der Waals surface area (Å²) in [4.78, 5) is 0. The molecular weight excluding hydrogens is 238 g/mol.